The summed E-state index contributed by atoms with van der Waals surface area (Å²) in [5.41, 5.74) is 11.2. The zero-order chi connectivity index (χ0) is 46.5. The number of amides is 2. The van der Waals surface area contributed by atoms with E-state index in [2.05, 4.69) is 26.1 Å². The highest BCUT2D eigenvalue weighted by molar-refractivity contribution is 6.01. The highest BCUT2D eigenvalue weighted by Crippen LogP contribution is 2.42. The maximum atomic E-state index is 14.7. The first-order valence-electron chi connectivity index (χ1n) is 22.2. The Morgan fingerprint density at radius 2 is 1.67 bits per heavy atom. The van der Waals surface area contributed by atoms with Gasteiger partial charge in [0.1, 0.15) is 17.5 Å². The van der Waals surface area contributed by atoms with Gasteiger partial charge in [-0.2, -0.15) is 5.26 Å². The fourth-order valence-corrected chi connectivity index (χ4v) is 8.53. The molecule has 1 aliphatic heterocycles. The quantitative estimate of drug-likeness (QED) is 0.112. The van der Waals surface area contributed by atoms with E-state index < -0.39 is 41.5 Å². The summed E-state index contributed by atoms with van der Waals surface area (Å²) in [6, 6.07) is 17.9. The van der Waals surface area contributed by atoms with Gasteiger partial charge in [-0.05, 0) is 98.9 Å². The molecule has 4 atom stereocenters. The van der Waals surface area contributed by atoms with Crippen molar-refractivity contribution in [3.63, 3.8) is 0 Å². The summed E-state index contributed by atoms with van der Waals surface area (Å²) >= 11 is 0. The molecule has 0 radical (unpaired) electrons. The zero-order valence-electron chi connectivity index (χ0n) is 38.0. The van der Waals surface area contributed by atoms with Crippen LogP contribution in [-0.4, -0.2) is 74.9 Å². The lowest BCUT2D eigenvalue weighted by Gasteiger charge is -2.32. The van der Waals surface area contributed by atoms with Gasteiger partial charge in [0.25, 0.3) is 0 Å². The summed E-state index contributed by atoms with van der Waals surface area (Å²) in [5, 5.41) is 23.5. The summed E-state index contributed by atoms with van der Waals surface area (Å²) in [5.74, 6) is -3.12. The Hall–Kier alpha value is -6.26. The number of ketones is 3. The van der Waals surface area contributed by atoms with Gasteiger partial charge in [0.05, 0.1) is 35.2 Å². The van der Waals surface area contributed by atoms with E-state index in [1.54, 1.807) is 45.0 Å². The van der Waals surface area contributed by atoms with Crippen molar-refractivity contribution >= 4 is 29.2 Å². The van der Waals surface area contributed by atoms with Gasteiger partial charge in [-0.15, -0.1) is 0 Å². The fourth-order valence-electron chi connectivity index (χ4n) is 8.53. The number of rotatable bonds is 13. The van der Waals surface area contributed by atoms with Crippen molar-refractivity contribution in [3.8, 4) is 40.1 Å². The third-order valence-electron chi connectivity index (χ3n) is 12.5. The van der Waals surface area contributed by atoms with E-state index in [-0.39, 0.29) is 73.9 Å². The van der Waals surface area contributed by atoms with Crippen LogP contribution in [0.1, 0.15) is 124 Å². The van der Waals surface area contributed by atoms with Gasteiger partial charge in [0, 0.05) is 61.3 Å². The predicted octanol–water partition coefficient (Wildman–Crippen LogP) is 7.61. The van der Waals surface area contributed by atoms with Gasteiger partial charge in [0.2, 0.25) is 11.8 Å². The van der Waals surface area contributed by atoms with Crippen LogP contribution >= 0.6 is 0 Å². The van der Waals surface area contributed by atoms with E-state index in [0.29, 0.717) is 50.8 Å². The van der Waals surface area contributed by atoms with E-state index in [1.807, 2.05) is 36.4 Å². The Labute approximate surface area is 375 Å². The van der Waals surface area contributed by atoms with E-state index in [9.17, 15) is 34.3 Å². The number of nitrogens with two attached hydrogens (primary N) is 1. The van der Waals surface area contributed by atoms with Crippen LogP contribution in [0.15, 0.2) is 60.7 Å². The summed E-state index contributed by atoms with van der Waals surface area (Å²) in [4.78, 5) is 81.5. The van der Waals surface area contributed by atoms with Crippen LogP contribution in [0.25, 0.3) is 22.5 Å². The van der Waals surface area contributed by atoms with Crippen LogP contribution in [0.2, 0.25) is 0 Å². The average Bonchev–Trinajstić information content (AvgIpc) is 3.23. The van der Waals surface area contributed by atoms with Gasteiger partial charge in [-0.1, -0.05) is 64.1 Å². The van der Waals surface area contributed by atoms with Gasteiger partial charge in [-0.25, -0.2) is 9.97 Å². The number of carbonyl (C=O) groups excluding carboxylic acids is 5. The van der Waals surface area contributed by atoms with Crippen molar-refractivity contribution in [3.05, 3.63) is 94.3 Å². The normalized spacial score (nSPS) is 18.5. The molecule has 1 saturated carbocycles. The number of carbonyl (C=O) groups is 5. The molecule has 2 amide bonds. The number of fused-ring (bicyclic) bond motifs is 5. The summed E-state index contributed by atoms with van der Waals surface area (Å²) < 4.78 is 6.40. The van der Waals surface area contributed by atoms with Gasteiger partial charge in [-0.3, -0.25) is 24.0 Å². The van der Waals surface area contributed by atoms with Crippen molar-refractivity contribution in [2.24, 2.45) is 17.6 Å². The summed E-state index contributed by atoms with van der Waals surface area (Å²) in [7, 11) is 1.49. The number of nitriles is 1. The number of likely N-dealkylation sites (N-methyl/N-ethyl adjacent to an activating group) is 1. The lowest BCUT2D eigenvalue weighted by molar-refractivity contribution is -0.142. The molecule has 1 fully saturated rings. The number of aromatic hydroxyl groups is 1. The van der Waals surface area contributed by atoms with Crippen LogP contribution in [0, 0.1) is 37.0 Å². The second-order valence-corrected chi connectivity index (χ2v) is 18.4. The van der Waals surface area contributed by atoms with Crippen LogP contribution < -0.4 is 15.8 Å². The Morgan fingerprint density at radius 1 is 0.984 bits per heavy atom. The first kappa shape index (κ1) is 47.2. The predicted molar refractivity (Wildman–Crippen MR) is 243 cm³/mol. The Bertz CT molecular complexity index is 2440. The number of hydrogen-bond donors (Lipinski definition) is 3. The summed E-state index contributed by atoms with van der Waals surface area (Å²) in [6.45, 7) is 11.6. The molecule has 6 rings (SSSR count). The number of Topliss-reactive ketones (excluding diaryl/α,β-unsaturated/α-hetero) is 3. The number of ether oxygens (including phenoxy) is 1. The monoisotopic (exact) mass is 868 g/mol. The van der Waals surface area contributed by atoms with E-state index in [1.165, 1.54) is 23.6 Å². The molecule has 64 heavy (non-hydrogen) atoms. The Kier molecular flexibility index (Phi) is 14.8. The molecule has 0 saturated heterocycles. The first-order chi connectivity index (χ1) is 30.4. The maximum Gasteiger partial charge on any atom is 0.226 e. The molecule has 336 valence electrons. The molecule has 0 spiro atoms. The lowest BCUT2D eigenvalue weighted by atomic mass is 9.86. The minimum absolute atomic E-state index is 0.0234. The number of aromatic nitrogens is 2. The molecule has 1 aromatic heterocycles. The molecular weight excluding hydrogens is 809 g/mol. The third-order valence-corrected chi connectivity index (χ3v) is 12.5. The molecule has 2 aliphatic rings. The molecular formula is C51H60N6O7. The van der Waals surface area contributed by atoms with Gasteiger partial charge >= 0.3 is 0 Å². The van der Waals surface area contributed by atoms with Crippen LogP contribution in [-0.2, 0) is 31.0 Å². The highest BCUT2D eigenvalue weighted by Gasteiger charge is 2.37. The molecule has 4 aromatic rings. The second-order valence-electron chi connectivity index (χ2n) is 18.4. The van der Waals surface area contributed by atoms with Gasteiger partial charge < -0.3 is 25.8 Å². The van der Waals surface area contributed by atoms with E-state index >= 15 is 0 Å². The minimum atomic E-state index is -1.25. The minimum Gasteiger partial charge on any atom is -0.507 e. The number of hydrogen-bond acceptors (Lipinski definition) is 11. The Morgan fingerprint density at radius 3 is 2.28 bits per heavy atom. The summed E-state index contributed by atoms with van der Waals surface area (Å²) in [6.07, 6.45) is 2.37. The molecule has 4 bridgehead atoms. The maximum absolute atomic E-state index is 14.7. The Balaban J connectivity index is 1.35. The number of nitrogens with zero attached hydrogens (tertiary/aromatic N) is 4. The molecule has 4 N–H and O–H groups in total. The molecule has 13 nitrogen and oxygen atoms in total. The molecule has 0 unspecified atom stereocenters. The van der Waals surface area contributed by atoms with Crippen LogP contribution in [0.3, 0.4) is 0 Å². The first-order valence-corrected chi connectivity index (χ1v) is 22.2. The van der Waals surface area contributed by atoms with Gasteiger partial charge in [0.15, 0.2) is 23.2 Å². The largest absolute Gasteiger partial charge is 0.507 e. The van der Waals surface area contributed by atoms with Crippen molar-refractivity contribution in [2.45, 2.75) is 123 Å². The SMILES string of the molecule is Cc1nc(-c2ccc(C(C)(C)C)cc2)nc(C)c1C(=O)C[C@@H](CCN)C(=O)N(C)[C@@H]1C(=O)C[C@@H](C)C(=O)N[C@H](C(=O)CCC#N)Cc2ccc(OC3CCC3)c(c2)-c2cc1ccc2O. The smallest absolute Gasteiger partial charge is 0.226 e. The number of phenolic OH excluding ortho intramolecular Hbond substituents is 1. The lowest BCUT2D eigenvalue weighted by Crippen LogP contribution is -2.46. The van der Waals surface area contributed by atoms with Crippen molar-refractivity contribution in [2.75, 3.05) is 13.6 Å². The number of aryl methyl sites for hydroxylation is 2. The standard InChI is InChI=1S/C51H60N6O7/c1-29-24-44(61)47(57(7)50(63)35(21-23-53)28-43(60)46-30(2)54-48(55-31(46)3)33-14-17-36(18-15-33)51(4,5)6)34-16-19-41(58)38(27-34)39-25-32(13-20-45(39)64-37-10-8-11-37)26-40(56-49(29)62)42(59)12-9-22-52/h13-20,25,27,29,35,37,40,47,58H,8-12,21,23-24,26,28,53H2,1-7H3,(H,56,62)/t29-,35-,40+,47+/m1/s1. The molecule has 3 aromatic carbocycles. The fraction of sp³-hybridized carbons (Fsp3) is 0.451. The number of benzene rings is 3. The highest BCUT2D eigenvalue weighted by atomic mass is 16.5. The van der Waals surface area contributed by atoms with Crippen molar-refractivity contribution in [1.29, 1.82) is 5.26 Å². The number of phenols is 1. The zero-order valence-corrected chi connectivity index (χ0v) is 38.0. The average molecular weight is 869 g/mol. The van der Waals surface area contributed by atoms with Crippen molar-refractivity contribution in [1.82, 2.24) is 20.2 Å². The third kappa shape index (κ3) is 10.7. The van der Waals surface area contributed by atoms with E-state index in [0.717, 1.165) is 24.8 Å². The van der Waals surface area contributed by atoms with E-state index in [4.69, 9.17) is 20.4 Å². The topological polar surface area (TPSA) is 206 Å². The molecule has 2 heterocycles. The van der Waals surface area contributed by atoms with Crippen LogP contribution in [0.4, 0.5) is 0 Å². The molecule has 1 aliphatic carbocycles. The van der Waals surface area contributed by atoms with Crippen LogP contribution in [0.5, 0.6) is 11.5 Å². The van der Waals surface area contributed by atoms with Crippen molar-refractivity contribution < 1.29 is 33.8 Å². The second kappa shape index (κ2) is 20.1. The molecule has 13 heteroatoms. The number of nitrogens with one attached hydrogen (secondary N) is 1.